The second-order valence-electron chi connectivity index (χ2n) is 7.04. The average Bonchev–Trinajstić information content (AvgIpc) is 3.13. The molecule has 2 aliphatic heterocycles. The van der Waals surface area contributed by atoms with Crippen molar-refractivity contribution in [3.8, 4) is 5.75 Å². The smallest absolute Gasteiger partial charge is 0.263 e. The van der Waals surface area contributed by atoms with Crippen LogP contribution in [-0.4, -0.2) is 35.3 Å². The molecule has 1 saturated heterocycles. The van der Waals surface area contributed by atoms with Crippen molar-refractivity contribution in [3.63, 3.8) is 0 Å². The molecule has 4 nitrogen and oxygen atoms in total. The van der Waals surface area contributed by atoms with Crippen molar-refractivity contribution >= 4 is 23.0 Å². The SMILES string of the molecule is Cc1ccc2c(c1C)OC1(CCN(C(=O)c3cccs3)CC1)CC2=O. The van der Waals surface area contributed by atoms with E-state index in [0.717, 1.165) is 21.8 Å². The predicted octanol–water partition coefficient (Wildman–Crippen LogP) is 4.01. The van der Waals surface area contributed by atoms with Crippen LogP contribution >= 0.6 is 11.3 Å². The van der Waals surface area contributed by atoms with Crippen molar-refractivity contribution in [2.24, 2.45) is 0 Å². The fourth-order valence-electron chi connectivity index (χ4n) is 3.73. The van der Waals surface area contributed by atoms with Gasteiger partial charge in [-0.3, -0.25) is 9.59 Å². The Kier molecular flexibility index (Phi) is 3.91. The normalized spacial score (nSPS) is 18.8. The summed E-state index contributed by atoms with van der Waals surface area (Å²) >= 11 is 1.47. The van der Waals surface area contributed by atoms with E-state index >= 15 is 0 Å². The van der Waals surface area contributed by atoms with Gasteiger partial charge in [0.05, 0.1) is 16.9 Å². The van der Waals surface area contributed by atoms with Gasteiger partial charge in [-0.1, -0.05) is 12.1 Å². The zero-order valence-electron chi connectivity index (χ0n) is 14.5. The van der Waals surface area contributed by atoms with Gasteiger partial charge >= 0.3 is 0 Å². The van der Waals surface area contributed by atoms with E-state index in [1.165, 1.54) is 11.3 Å². The molecule has 0 atom stereocenters. The molecule has 0 N–H and O–H groups in total. The number of ketones is 1. The molecule has 2 aromatic rings. The van der Waals surface area contributed by atoms with Crippen molar-refractivity contribution < 1.29 is 14.3 Å². The molecule has 0 saturated carbocycles. The number of nitrogens with zero attached hydrogens (tertiary/aromatic N) is 1. The number of rotatable bonds is 1. The van der Waals surface area contributed by atoms with Gasteiger partial charge < -0.3 is 9.64 Å². The maximum absolute atomic E-state index is 12.7. The van der Waals surface area contributed by atoms with Crippen molar-refractivity contribution in [2.45, 2.75) is 38.7 Å². The average molecular weight is 355 g/mol. The lowest BCUT2D eigenvalue weighted by atomic mass is 9.81. The third-order valence-electron chi connectivity index (χ3n) is 5.47. The van der Waals surface area contributed by atoms with Gasteiger partial charge in [-0.05, 0) is 42.5 Å². The van der Waals surface area contributed by atoms with Gasteiger partial charge in [0.1, 0.15) is 11.4 Å². The standard InChI is InChI=1S/C20H21NO3S/c1-13-5-6-15-16(22)12-20(24-18(15)14(13)2)7-9-21(10-8-20)19(23)17-4-3-11-25-17/h3-6,11H,7-10,12H2,1-2H3. The largest absolute Gasteiger partial charge is 0.486 e. The van der Waals surface area contributed by atoms with Crippen LogP contribution in [0.5, 0.6) is 5.75 Å². The summed E-state index contributed by atoms with van der Waals surface area (Å²) < 4.78 is 6.41. The third kappa shape index (κ3) is 2.76. The lowest BCUT2D eigenvalue weighted by molar-refractivity contribution is -0.00608. The summed E-state index contributed by atoms with van der Waals surface area (Å²) in [5, 5.41) is 1.92. The van der Waals surface area contributed by atoms with E-state index in [9.17, 15) is 9.59 Å². The summed E-state index contributed by atoms with van der Waals surface area (Å²) in [5.41, 5.74) is 2.41. The number of aryl methyl sites for hydroxylation is 1. The van der Waals surface area contributed by atoms with Crippen molar-refractivity contribution in [1.29, 1.82) is 0 Å². The molecule has 130 valence electrons. The zero-order chi connectivity index (χ0) is 17.6. The Hall–Kier alpha value is -2.14. The highest BCUT2D eigenvalue weighted by Crippen LogP contribution is 2.41. The summed E-state index contributed by atoms with van der Waals surface area (Å²) in [6, 6.07) is 7.62. The first kappa shape index (κ1) is 16.3. The number of Topliss-reactive ketones (excluding diaryl/α,β-unsaturated/α-hetero) is 1. The minimum atomic E-state index is -0.463. The van der Waals surface area contributed by atoms with E-state index in [-0.39, 0.29) is 11.7 Å². The Morgan fingerprint density at radius 1 is 1.20 bits per heavy atom. The van der Waals surface area contributed by atoms with Gasteiger partial charge in [0, 0.05) is 25.9 Å². The maximum atomic E-state index is 12.7. The van der Waals surface area contributed by atoms with Gasteiger partial charge in [0.2, 0.25) is 0 Å². The van der Waals surface area contributed by atoms with Crippen LogP contribution in [0, 0.1) is 13.8 Å². The van der Waals surface area contributed by atoms with E-state index in [0.29, 0.717) is 37.9 Å². The highest BCUT2D eigenvalue weighted by atomic mass is 32.1. The molecule has 4 rings (SSSR count). The van der Waals surface area contributed by atoms with Crippen molar-refractivity contribution in [2.75, 3.05) is 13.1 Å². The Morgan fingerprint density at radius 3 is 2.64 bits per heavy atom. The number of carbonyl (C=O) groups excluding carboxylic acids is 2. The predicted molar refractivity (Wildman–Crippen MR) is 97.7 cm³/mol. The molecule has 0 unspecified atom stereocenters. The molecule has 0 bridgehead atoms. The quantitative estimate of drug-likeness (QED) is 0.777. The number of hydrogen-bond acceptors (Lipinski definition) is 4. The number of piperidine rings is 1. The second-order valence-corrected chi connectivity index (χ2v) is 7.99. The zero-order valence-corrected chi connectivity index (χ0v) is 15.3. The number of fused-ring (bicyclic) bond motifs is 1. The van der Waals surface area contributed by atoms with E-state index in [4.69, 9.17) is 4.74 Å². The van der Waals surface area contributed by atoms with E-state index in [2.05, 4.69) is 0 Å². The summed E-state index contributed by atoms with van der Waals surface area (Å²) in [4.78, 5) is 27.8. The molecule has 0 radical (unpaired) electrons. The molecule has 1 spiro atoms. The molecule has 25 heavy (non-hydrogen) atoms. The van der Waals surface area contributed by atoms with E-state index in [1.54, 1.807) is 0 Å². The van der Waals surface area contributed by atoms with Gasteiger partial charge in [-0.15, -0.1) is 11.3 Å². The lowest BCUT2D eigenvalue weighted by Gasteiger charge is -2.44. The molecular weight excluding hydrogens is 334 g/mol. The Morgan fingerprint density at radius 2 is 1.96 bits per heavy atom. The molecule has 2 aliphatic rings. The highest BCUT2D eigenvalue weighted by molar-refractivity contribution is 7.12. The maximum Gasteiger partial charge on any atom is 0.263 e. The monoisotopic (exact) mass is 355 g/mol. The van der Waals surface area contributed by atoms with Crippen LogP contribution in [0.2, 0.25) is 0 Å². The van der Waals surface area contributed by atoms with Crippen LogP contribution in [0.3, 0.4) is 0 Å². The Balaban J connectivity index is 1.54. The number of amides is 1. The van der Waals surface area contributed by atoms with Crippen LogP contribution in [0.1, 0.15) is 50.4 Å². The first-order valence-electron chi connectivity index (χ1n) is 8.64. The Bertz CT molecular complexity index is 833. The second kappa shape index (κ2) is 5.99. The first-order chi connectivity index (χ1) is 12.0. The number of carbonyl (C=O) groups is 2. The molecular formula is C20H21NO3S. The van der Waals surface area contributed by atoms with Gasteiger partial charge in [0.25, 0.3) is 5.91 Å². The van der Waals surface area contributed by atoms with Crippen molar-refractivity contribution in [3.05, 3.63) is 51.2 Å². The van der Waals surface area contributed by atoms with Crippen LogP contribution in [0.4, 0.5) is 0 Å². The molecule has 5 heteroatoms. The summed E-state index contributed by atoms with van der Waals surface area (Å²) in [5.74, 6) is 0.982. The Labute approximate surface area is 151 Å². The number of ether oxygens (including phenoxy) is 1. The lowest BCUT2D eigenvalue weighted by Crippen LogP contribution is -2.52. The van der Waals surface area contributed by atoms with Crippen LogP contribution < -0.4 is 4.74 Å². The summed E-state index contributed by atoms with van der Waals surface area (Å²) in [7, 11) is 0. The number of thiophene rings is 1. The fourth-order valence-corrected chi connectivity index (χ4v) is 4.42. The highest BCUT2D eigenvalue weighted by Gasteiger charge is 2.44. The van der Waals surface area contributed by atoms with Gasteiger partial charge in [0.15, 0.2) is 5.78 Å². The fraction of sp³-hybridized carbons (Fsp3) is 0.400. The molecule has 3 heterocycles. The van der Waals surface area contributed by atoms with Crippen LogP contribution in [0.15, 0.2) is 29.6 Å². The summed E-state index contributed by atoms with van der Waals surface area (Å²) in [6.45, 7) is 5.30. The third-order valence-corrected chi connectivity index (χ3v) is 6.33. The van der Waals surface area contributed by atoms with Gasteiger partial charge in [-0.2, -0.15) is 0 Å². The first-order valence-corrected chi connectivity index (χ1v) is 9.52. The molecule has 1 fully saturated rings. The number of benzene rings is 1. The van der Waals surface area contributed by atoms with Crippen molar-refractivity contribution in [1.82, 2.24) is 4.90 Å². The topological polar surface area (TPSA) is 46.6 Å². The minimum Gasteiger partial charge on any atom is -0.486 e. The van der Waals surface area contributed by atoms with Crippen LogP contribution in [0.25, 0.3) is 0 Å². The summed E-state index contributed by atoms with van der Waals surface area (Å²) in [6.07, 6.45) is 1.80. The molecule has 1 aromatic carbocycles. The van der Waals surface area contributed by atoms with E-state index in [1.807, 2.05) is 48.4 Å². The molecule has 1 amide bonds. The molecule has 0 aliphatic carbocycles. The number of hydrogen-bond donors (Lipinski definition) is 0. The number of likely N-dealkylation sites (tertiary alicyclic amines) is 1. The minimum absolute atomic E-state index is 0.0828. The molecule has 1 aromatic heterocycles. The van der Waals surface area contributed by atoms with E-state index < -0.39 is 5.60 Å². The van der Waals surface area contributed by atoms with Gasteiger partial charge in [-0.25, -0.2) is 0 Å². The van der Waals surface area contributed by atoms with Crippen LogP contribution in [-0.2, 0) is 0 Å².